The lowest BCUT2D eigenvalue weighted by Crippen LogP contribution is -2.45. The summed E-state index contributed by atoms with van der Waals surface area (Å²) in [5, 5.41) is 13.8. The van der Waals surface area contributed by atoms with Crippen LogP contribution in [0.25, 0.3) is 0 Å². The van der Waals surface area contributed by atoms with Gasteiger partial charge < -0.3 is 15.0 Å². The number of nitro benzene ring substituents is 1. The molecule has 4 rings (SSSR count). The largest absolute Gasteiger partial charge is 0.482 e. The van der Waals surface area contributed by atoms with Gasteiger partial charge in [-0.05, 0) is 36.6 Å². The summed E-state index contributed by atoms with van der Waals surface area (Å²) in [4.78, 5) is 38.8. The van der Waals surface area contributed by atoms with Crippen LogP contribution in [0.1, 0.15) is 18.4 Å². The van der Waals surface area contributed by atoms with Gasteiger partial charge in [-0.2, -0.15) is 0 Å². The van der Waals surface area contributed by atoms with Gasteiger partial charge in [0.1, 0.15) is 12.3 Å². The molecule has 2 amide bonds. The molecule has 2 heterocycles. The molecule has 2 aromatic rings. The van der Waals surface area contributed by atoms with Crippen molar-refractivity contribution in [3.63, 3.8) is 0 Å². The Morgan fingerprint density at radius 1 is 1.13 bits per heavy atom. The molecule has 2 aromatic carbocycles. The molecule has 2 aliphatic rings. The summed E-state index contributed by atoms with van der Waals surface area (Å²) in [6, 6.07) is 12.0. The Hall–Kier alpha value is -3.62. The molecule has 30 heavy (non-hydrogen) atoms. The van der Waals surface area contributed by atoms with E-state index in [4.69, 9.17) is 4.74 Å². The molecule has 1 fully saturated rings. The molecule has 0 aromatic heterocycles. The Labute approximate surface area is 173 Å². The number of amides is 2. The molecule has 0 radical (unpaired) electrons. The quantitative estimate of drug-likeness (QED) is 0.578. The number of non-ortho nitro benzene ring substituents is 1. The third-order valence-corrected chi connectivity index (χ3v) is 5.30. The first-order chi connectivity index (χ1) is 14.5. The van der Waals surface area contributed by atoms with E-state index in [1.54, 1.807) is 0 Å². The highest BCUT2D eigenvalue weighted by Crippen LogP contribution is 2.35. The van der Waals surface area contributed by atoms with Crippen LogP contribution >= 0.6 is 0 Å². The van der Waals surface area contributed by atoms with E-state index < -0.39 is 10.8 Å². The van der Waals surface area contributed by atoms with Crippen molar-refractivity contribution in [3.05, 3.63) is 58.1 Å². The Morgan fingerprint density at radius 2 is 1.87 bits per heavy atom. The molecule has 2 aliphatic heterocycles. The zero-order chi connectivity index (χ0) is 21.1. The fraction of sp³-hybridized carbons (Fsp3) is 0.333. The minimum atomic E-state index is -0.552. The fourth-order valence-electron chi connectivity index (χ4n) is 3.68. The van der Waals surface area contributed by atoms with Crippen LogP contribution in [-0.4, -0.2) is 43.0 Å². The summed E-state index contributed by atoms with van der Waals surface area (Å²) < 4.78 is 5.32. The van der Waals surface area contributed by atoms with Gasteiger partial charge in [0.25, 0.3) is 11.6 Å². The number of benzene rings is 2. The summed E-state index contributed by atoms with van der Waals surface area (Å²) in [5.41, 5.74) is 2.19. The van der Waals surface area contributed by atoms with Crippen molar-refractivity contribution in [2.45, 2.75) is 19.4 Å². The third-order valence-electron chi connectivity index (χ3n) is 5.30. The van der Waals surface area contributed by atoms with E-state index in [1.165, 1.54) is 41.6 Å². The van der Waals surface area contributed by atoms with E-state index in [-0.39, 0.29) is 30.4 Å². The molecule has 0 bridgehead atoms. The number of nitrogens with zero attached hydrogens (tertiary/aromatic N) is 3. The summed E-state index contributed by atoms with van der Waals surface area (Å²) in [6.07, 6.45) is 2.43. The molecule has 0 saturated carbocycles. The number of carbonyl (C=O) groups is 2. The normalized spacial score (nSPS) is 15.5. The molecule has 0 atom stereocenters. The van der Waals surface area contributed by atoms with Crippen LogP contribution in [0.15, 0.2) is 42.5 Å². The van der Waals surface area contributed by atoms with Gasteiger partial charge in [0.15, 0.2) is 6.61 Å². The first-order valence-corrected chi connectivity index (χ1v) is 9.83. The minimum Gasteiger partial charge on any atom is -0.482 e. The van der Waals surface area contributed by atoms with Crippen molar-refractivity contribution in [2.75, 3.05) is 36.0 Å². The number of nitrogens with one attached hydrogen (secondary N) is 1. The number of carbonyl (C=O) groups excluding carboxylic acids is 2. The van der Waals surface area contributed by atoms with E-state index in [0.717, 1.165) is 18.7 Å². The Balaban J connectivity index is 1.38. The van der Waals surface area contributed by atoms with E-state index in [9.17, 15) is 19.7 Å². The third kappa shape index (κ3) is 4.19. The van der Waals surface area contributed by atoms with E-state index >= 15 is 0 Å². The summed E-state index contributed by atoms with van der Waals surface area (Å²) in [7, 11) is 0. The number of ether oxygens (including phenoxy) is 1. The number of hydrogen-bond acceptors (Lipinski definition) is 6. The zero-order valence-electron chi connectivity index (χ0n) is 16.4. The smallest absolute Gasteiger partial charge is 0.271 e. The van der Waals surface area contributed by atoms with Crippen LogP contribution in [0.5, 0.6) is 5.75 Å². The Morgan fingerprint density at radius 3 is 2.57 bits per heavy atom. The zero-order valence-corrected chi connectivity index (χ0v) is 16.4. The number of hydrogen-bond donors (Lipinski definition) is 1. The van der Waals surface area contributed by atoms with Crippen molar-refractivity contribution in [3.8, 4) is 5.75 Å². The minimum absolute atomic E-state index is 0.171. The van der Waals surface area contributed by atoms with Gasteiger partial charge >= 0.3 is 0 Å². The highest BCUT2D eigenvalue weighted by molar-refractivity contribution is 6.02. The SMILES string of the molecule is O=C(CN1C(=O)COc2ccc([N+](=O)[O-])cc21)NCc1ccc(N2CCCC2)cc1. The van der Waals surface area contributed by atoms with Gasteiger partial charge in [-0.3, -0.25) is 24.6 Å². The summed E-state index contributed by atoms with van der Waals surface area (Å²) >= 11 is 0. The maximum absolute atomic E-state index is 12.4. The summed E-state index contributed by atoms with van der Waals surface area (Å²) in [6.45, 7) is 2.03. The van der Waals surface area contributed by atoms with E-state index in [0.29, 0.717) is 12.3 Å². The second-order valence-corrected chi connectivity index (χ2v) is 7.32. The maximum atomic E-state index is 12.4. The molecule has 9 heteroatoms. The average Bonchev–Trinajstić information content (AvgIpc) is 3.29. The van der Waals surface area contributed by atoms with Crippen molar-refractivity contribution in [1.29, 1.82) is 0 Å². The van der Waals surface area contributed by atoms with Gasteiger partial charge in [0, 0.05) is 37.5 Å². The maximum Gasteiger partial charge on any atom is 0.271 e. The first-order valence-electron chi connectivity index (χ1n) is 9.83. The van der Waals surface area contributed by atoms with Crippen LogP contribution < -0.4 is 19.9 Å². The Kier molecular flexibility index (Phi) is 5.51. The van der Waals surface area contributed by atoms with Crippen LogP contribution in [0.3, 0.4) is 0 Å². The number of fused-ring (bicyclic) bond motifs is 1. The molecule has 1 N–H and O–H groups in total. The van der Waals surface area contributed by atoms with E-state index in [2.05, 4.69) is 10.2 Å². The fourth-order valence-corrected chi connectivity index (χ4v) is 3.68. The molecule has 1 saturated heterocycles. The molecule has 9 nitrogen and oxygen atoms in total. The lowest BCUT2D eigenvalue weighted by molar-refractivity contribution is -0.384. The standard InChI is InChI=1S/C21H22N4O5/c26-20(22-12-15-3-5-16(6-4-15)23-9-1-2-10-23)13-24-18-11-17(25(28)29)7-8-19(18)30-14-21(24)27/h3-8,11H,1-2,9-10,12-14H2,(H,22,26). The number of nitro groups is 1. The van der Waals surface area contributed by atoms with Crippen LogP contribution in [0, 0.1) is 10.1 Å². The van der Waals surface area contributed by atoms with Gasteiger partial charge in [0.05, 0.1) is 10.6 Å². The molecule has 0 spiro atoms. The second-order valence-electron chi connectivity index (χ2n) is 7.32. The van der Waals surface area contributed by atoms with Crippen molar-refractivity contribution in [1.82, 2.24) is 5.32 Å². The lowest BCUT2D eigenvalue weighted by Gasteiger charge is -2.28. The highest BCUT2D eigenvalue weighted by Gasteiger charge is 2.29. The van der Waals surface area contributed by atoms with Gasteiger partial charge in [-0.25, -0.2) is 0 Å². The Bertz CT molecular complexity index is 970. The van der Waals surface area contributed by atoms with Gasteiger partial charge in [0.2, 0.25) is 5.91 Å². The second kappa shape index (κ2) is 8.40. The molecule has 156 valence electrons. The average molecular weight is 410 g/mol. The van der Waals surface area contributed by atoms with Gasteiger partial charge in [-0.1, -0.05) is 12.1 Å². The summed E-state index contributed by atoms with van der Waals surface area (Å²) in [5.74, 6) is -0.440. The first kappa shape index (κ1) is 19.7. The molecular weight excluding hydrogens is 388 g/mol. The number of anilines is 2. The van der Waals surface area contributed by atoms with Crippen LogP contribution in [0.2, 0.25) is 0 Å². The van der Waals surface area contributed by atoms with E-state index in [1.807, 2.05) is 24.3 Å². The predicted molar refractivity (Wildman–Crippen MR) is 111 cm³/mol. The topological polar surface area (TPSA) is 105 Å². The molecule has 0 unspecified atom stereocenters. The predicted octanol–water partition coefficient (Wildman–Crippen LogP) is 2.24. The lowest BCUT2D eigenvalue weighted by atomic mass is 10.2. The van der Waals surface area contributed by atoms with Gasteiger partial charge in [-0.15, -0.1) is 0 Å². The monoisotopic (exact) mass is 410 g/mol. The van der Waals surface area contributed by atoms with Crippen LogP contribution in [-0.2, 0) is 16.1 Å². The molecular formula is C21H22N4O5. The van der Waals surface area contributed by atoms with Crippen molar-refractivity contribution in [2.24, 2.45) is 0 Å². The highest BCUT2D eigenvalue weighted by atomic mass is 16.6. The van der Waals surface area contributed by atoms with Crippen LogP contribution in [0.4, 0.5) is 17.1 Å². The molecule has 0 aliphatic carbocycles. The number of rotatable bonds is 6. The van der Waals surface area contributed by atoms with Crippen molar-refractivity contribution < 1.29 is 19.2 Å². The van der Waals surface area contributed by atoms with Crippen molar-refractivity contribution >= 4 is 28.9 Å².